The van der Waals surface area contributed by atoms with Crippen LogP contribution in [0.15, 0.2) is 0 Å². The highest BCUT2D eigenvalue weighted by Gasteiger charge is 2.52. The second kappa shape index (κ2) is 2.08. The van der Waals surface area contributed by atoms with Crippen LogP contribution in [0.5, 0.6) is 0 Å². The highest BCUT2D eigenvalue weighted by Crippen LogP contribution is 2.62. The van der Waals surface area contributed by atoms with Crippen LogP contribution in [0.2, 0.25) is 0 Å². The van der Waals surface area contributed by atoms with Gasteiger partial charge in [0.1, 0.15) is 0 Å². The van der Waals surface area contributed by atoms with Crippen LogP contribution in [0.25, 0.3) is 0 Å². The summed E-state index contributed by atoms with van der Waals surface area (Å²) in [4.78, 5) is 0. The van der Waals surface area contributed by atoms with Crippen molar-refractivity contribution in [2.75, 3.05) is 0 Å². The third-order valence-electron chi connectivity index (χ3n) is 5.26. The Morgan fingerprint density at radius 2 is 1.58 bits per heavy atom. The average molecular weight is 164 g/mol. The molecule has 4 aliphatic carbocycles. The number of hydrogen-bond acceptors (Lipinski definition) is 0. The summed E-state index contributed by atoms with van der Waals surface area (Å²) in [7, 11) is 0. The van der Waals surface area contributed by atoms with Gasteiger partial charge in [-0.15, -0.1) is 0 Å². The topological polar surface area (TPSA) is 0 Å². The van der Waals surface area contributed by atoms with Gasteiger partial charge >= 0.3 is 0 Å². The quantitative estimate of drug-likeness (QED) is 0.514. The third-order valence-corrected chi connectivity index (χ3v) is 5.26. The first-order valence-corrected chi connectivity index (χ1v) is 5.67. The van der Waals surface area contributed by atoms with E-state index >= 15 is 0 Å². The fourth-order valence-electron chi connectivity index (χ4n) is 4.70. The molecule has 0 amide bonds. The molecule has 0 heteroatoms. The van der Waals surface area contributed by atoms with Gasteiger partial charge in [0, 0.05) is 0 Å². The molecule has 0 aromatic carbocycles. The van der Waals surface area contributed by atoms with Gasteiger partial charge in [-0.3, -0.25) is 0 Å². The van der Waals surface area contributed by atoms with E-state index in [1.165, 1.54) is 0 Å². The van der Waals surface area contributed by atoms with E-state index in [1.807, 2.05) is 0 Å². The maximum Gasteiger partial charge on any atom is -0.0292 e. The minimum Gasteiger partial charge on any atom is -0.0617 e. The van der Waals surface area contributed by atoms with Crippen molar-refractivity contribution in [1.29, 1.82) is 0 Å². The standard InChI is InChI=1S/C12H20/c1-8-11-4-9-3-10(5-11)7-12(8,2)6-9/h8-11H,3-7H2,1-2H3/t8-,9?,10?,11?,12?/m0/s1. The van der Waals surface area contributed by atoms with Gasteiger partial charge in [-0.25, -0.2) is 0 Å². The molecule has 0 nitrogen and oxygen atoms in total. The Bertz CT molecular complexity index is 192. The second-order valence-electron chi connectivity index (χ2n) is 6.05. The molecule has 4 rings (SSSR count). The molecule has 4 bridgehead atoms. The molecule has 3 atom stereocenters. The minimum absolute atomic E-state index is 0.759. The third kappa shape index (κ3) is 0.791. The Morgan fingerprint density at radius 3 is 2.08 bits per heavy atom. The molecule has 4 fully saturated rings. The summed E-state index contributed by atoms with van der Waals surface area (Å²) < 4.78 is 0. The van der Waals surface area contributed by atoms with Crippen LogP contribution in [-0.2, 0) is 0 Å². The van der Waals surface area contributed by atoms with Crippen molar-refractivity contribution >= 4 is 0 Å². The zero-order chi connectivity index (χ0) is 8.34. The molecule has 0 aromatic rings. The fourth-order valence-corrected chi connectivity index (χ4v) is 4.70. The molecule has 4 aliphatic rings. The van der Waals surface area contributed by atoms with Crippen molar-refractivity contribution < 1.29 is 0 Å². The lowest BCUT2D eigenvalue weighted by molar-refractivity contribution is -0.0906. The molecule has 0 saturated heterocycles. The van der Waals surface area contributed by atoms with Crippen molar-refractivity contribution in [3.05, 3.63) is 0 Å². The van der Waals surface area contributed by atoms with Crippen molar-refractivity contribution in [3.8, 4) is 0 Å². The Balaban J connectivity index is 1.97. The van der Waals surface area contributed by atoms with Gasteiger partial charge in [0.15, 0.2) is 0 Å². The molecule has 2 unspecified atom stereocenters. The van der Waals surface area contributed by atoms with E-state index in [9.17, 15) is 0 Å². The van der Waals surface area contributed by atoms with Crippen molar-refractivity contribution in [2.24, 2.45) is 29.1 Å². The first-order valence-electron chi connectivity index (χ1n) is 5.67. The van der Waals surface area contributed by atoms with Crippen LogP contribution >= 0.6 is 0 Å². The average Bonchev–Trinajstić information content (AvgIpc) is 1.98. The zero-order valence-electron chi connectivity index (χ0n) is 8.34. The normalized spacial score (nSPS) is 62.5. The van der Waals surface area contributed by atoms with Crippen LogP contribution in [-0.4, -0.2) is 0 Å². The van der Waals surface area contributed by atoms with Crippen LogP contribution in [0, 0.1) is 29.1 Å². The van der Waals surface area contributed by atoms with Crippen molar-refractivity contribution in [2.45, 2.75) is 46.0 Å². The lowest BCUT2D eigenvalue weighted by Crippen LogP contribution is -2.50. The Kier molecular flexibility index (Phi) is 1.28. The minimum atomic E-state index is 0.759. The summed E-state index contributed by atoms with van der Waals surface area (Å²) in [5.41, 5.74) is 0.759. The van der Waals surface area contributed by atoms with E-state index in [0.717, 1.165) is 29.1 Å². The van der Waals surface area contributed by atoms with Crippen LogP contribution in [0.3, 0.4) is 0 Å². The number of rotatable bonds is 0. The second-order valence-corrected chi connectivity index (χ2v) is 6.05. The SMILES string of the molecule is C[C@H]1C2CC3CC(C2)CC1(C)C3. The molecule has 0 heterocycles. The monoisotopic (exact) mass is 164 g/mol. The van der Waals surface area contributed by atoms with E-state index in [4.69, 9.17) is 0 Å². The summed E-state index contributed by atoms with van der Waals surface area (Å²) in [5, 5.41) is 0. The predicted octanol–water partition coefficient (Wildman–Crippen LogP) is 3.47. The summed E-state index contributed by atoms with van der Waals surface area (Å²) in [6, 6.07) is 0. The first kappa shape index (κ1) is 7.41. The smallest absolute Gasteiger partial charge is 0.0292 e. The molecule has 0 aromatic heterocycles. The lowest BCUT2D eigenvalue weighted by Gasteiger charge is -2.59. The van der Waals surface area contributed by atoms with Crippen LogP contribution in [0.1, 0.15) is 46.0 Å². The summed E-state index contributed by atoms with van der Waals surface area (Å²) in [6.07, 6.45) is 7.85. The van der Waals surface area contributed by atoms with Crippen molar-refractivity contribution in [1.82, 2.24) is 0 Å². The van der Waals surface area contributed by atoms with Gasteiger partial charge in [-0.05, 0) is 61.2 Å². The molecule has 4 saturated carbocycles. The lowest BCUT2D eigenvalue weighted by atomic mass is 9.46. The Morgan fingerprint density at radius 1 is 1.00 bits per heavy atom. The van der Waals surface area contributed by atoms with E-state index < -0.39 is 0 Å². The van der Waals surface area contributed by atoms with E-state index in [-0.39, 0.29) is 0 Å². The largest absolute Gasteiger partial charge is 0.0617 e. The van der Waals surface area contributed by atoms with Crippen LogP contribution < -0.4 is 0 Å². The van der Waals surface area contributed by atoms with E-state index in [1.54, 1.807) is 32.1 Å². The van der Waals surface area contributed by atoms with E-state index in [2.05, 4.69) is 13.8 Å². The highest BCUT2D eigenvalue weighted by molar-refractivity contribution is 5.02. The molecule has 0 radical (unpaired) electrons. The van der Waals surface area contributed by atoms with Gasteiger partial charge in [0.05, 0.1) is 0 Å². The summed E-state index contributed by atoms with van der Waals surface area (Å²) in [5.74, 6) is 4.40. The molecular weight excluding hydrogens is 144 g/mol. The summed E-state index contributed by atoms with van der Waals surface area (Å²) >= 11 is 0. The molecule has 0 spiro atoms. The van der Waals surface area contributed by atoms with Gasteiger partial charge in [0.2, 0.25) is 0 Å². The number of hydrogen-bond donors (Lipinski definition) is 0. The maximum atomic E-state index is 2.56. The Labute approximate surface area is 75.7 Å². The van der Waals surface area contributed by atoms with Gasteiger partial charge < -0.3 is 0 Å². The molecule has 68 valence electrons. The maximum absolute atomic E-state index is 2.56. The molecule has 12 heavy (non-hydrogen) atoms. The first-order chi connectivity index (χ1) is 5.67. The van der Waals surface area contributed by atoms with Gasteiger partial charge in [-0.1, -0.05) is 13.8 Å². The molecule has 0 aliphatic heterocycles. The van der Waals surface area contributed by atoms with Crippen LogP contribution in [0.4, 0.5) is 0 Å². The molecular formula is C12H20. The predicted molar refractivity (Wildman–Crippen MR) is 50.8 cm³/mol. The molecule has 0 N–H and O–H groups in total. The van der Waals surface area contributed by atoms with Gasteiger partial charge in [-0.2, -0.15) is 0 Å². The van der Waals surface area contributed by atoms with Crippen molar-refractivity contribution in [3.63, 3.8) is 0 Å². The zero-order valence-corrected chi connectivity index (χ0v) is 8.34. The summed E-state index contributed by atoms with van der Waals surface area (Å²) in [6.45, 7) is 5.07. The Hall–Kier alpha value is 0. The van der Waals surface area contributed by atoms with E-state index in [0.29, 0.717) is 0 Å². The van der Waals surface area contributed by atoms with Gasteiger partial charge in [0.25, 0.3) is 0 Å². The highest BCUT2D eigenvalue weighted by atomic mass is 14.6. The fraction of sp³-hybridized carbons (Fsp3) is 1.00.